The number of hydrogen-bond donors (Lipinski definition) is 1. The van der Waals surface area contributed by atoms with Gasteiger partial charge in [-0.1, -0.05) is 11.6 Å². The highest BCUT2D eigenvalue weighted by molar-refractivity contribution is 6.44. The molecule has 0 fully saturated rings. The Kier molecular flexibility index (Phi) is 1.57. The number of rotatable bonds is 0. The second kappa shape index (κ2) is 2.23. The SMILES string of the molecule is Bc1cnc(N)nc1Cl. The maximum atomic E-state index is 5.58. The Morgan fingerprint density at radius 1 is 1.67 bits per heavy atom. The van der Waals surface area contributed by atoms with Crippen molar-refractivity contribution in [3.05, 3.63) is 11.3 Å². The van der Waals surface area contributed by atoms with E-state index in [4.69, 9.17) is 17.3 Å². The van der Waals surface area contributed by atoms with E-state index in [2.05, 4.69) is 9.97 Å². The van der Waals surface area contributed by atoms with Gasteiger partial charge in [-0.25, -0.2) is 9.97 Å². The van der Waals surface area contributed by atoms with Crippen LogP contribution in [0.4, 0.5) is 5.95 Å². The van der Waals surface area contributed by atoms with E-state index in [0.29, 0.717) is 5.15 Å². The first-order valence-corrected chi connectivity index (χ1v) is 2.82. The van der Waals surface area contributed by atoms with Gasteiger partial charge in [-0.3, -0.25) is 0 Å². The lowest BCUT2D eigenvalue weighted by Crippen LogP contribution is -2.09. The summed E-state index contributed by atoms with van der Waals surface area (Å²) < 4.78 is 0. The predicted octanol–water partition coefficient (Wildman–Crippen LogP) is -1.03. The molecule has 9 heavy (non-hydrogen) atoms. The number of anilines is 1. The van der Waals surface area contributed by atoms with Crippen molar-refractivity contribution in [1.29, 1.82) is 0 Å². The zero-order chi connectivity index (χ0) is 6.85. The van der Waals surface area contributed by atoms with Gasteiger partial charge in [-0.2, -0.15) is 0 Å². The molecule has 0 aromatic carbocycles. The molecular weight excluding hydrogens is 136 g/mol. The molecule has 0 aliphatic carbocycles. The maximum Gasteiger partial charge on any atom is 0.221 e. The van der Waals surface area contributed by atoms with Gasteiger partial charge in [0.15, 0.2) is 0 Å². The monoisotopic (exact) mass is 141 g/mol. The third kappa shape index (κ3) is 1.32. The van der Waals surface area contributed by atoms with Crippen LogP contribution in [-0.2, 0) is 0 Å². The van der Waals surface area contributed by atoms with E-state index >= 15 is 0 Å². The van der Waals surface area contributed by atoms with Crippen LogP contribution < -0.4 is 11.2 Å². The minimum absolute atomic E-state index is 0.214. The van der Waals surface area contributed by atoms with Crippen LogP contribution in [0.1, 0.15) is 0 Å². The molecule has 1 aromatic rings. The third-order valence-electron chi connectivity index (χ3n) is 0.929. The van der Waals surface area contributed by atoms with Gasteiger partial charge in [0.1, 0.15) is 13.0 Å². The Morgan fingerprint density at radius 3 is 2.78 bits per heavy atom. The van der Waals surface area contributed by atoms with Crippen molar-refractivity contribution < 1.29 is 0 Å². The van der Waals surface area contributed by atoms with Crippen LogP contribution in [0.5, 0.6) is 0 Å². The standard InChI is InChI=1S/C4H5BClN3/c5-2-1-8-4(7)9-3(2)6/h1H,5H2,(H2,7,8,9). The van der Waals surface area contributed by atoms with Crippen LogP contribution >= 0.6 is 11.6 Å². The summed E-state index contributed by atoms with van der Waals surface area (Å²) in [6.45, 7) is 0. The minimum Gasteiger partial charge on any atom is -0.368 e. The lowest BCUT2D eigenvalue weighted by Gasteiger charge is -1.94. The summed E-state index contributed by atoms with van der Waals surface area (Å²) in [4.78, 5) is 7.43. The fourth-order valence-corrected chi connectivity index (χ4v) is 0.569. The molecule has 5 heteroatoms. The molecule has 46 valence electrons. The van der Waals surface area contributed by atoms with E-state index in [1.54, 1.807) is 6.20 Å². The predicted molar refractivity (Wildman–Crippen MR) is 39.6 cm³/mol. The van der Waals surface area contributed by atoms with Crippen molar-refractivity contribution in [2.24, 2.45) is 0 Å². The molecule has 0 saturated carbocycles. The number of hydrogen-bond acceptors (Lipinski definition) is 3. The Hall–Kier alpha value is -0.765. The van der Waals surface area contributed by atoms with Crippen LogP contribution in [0.25, 0.3) is 0 Å². The summed E-state index contributed by atoms with van der Waals surface area (Å²) >= 11 is 5.58. The lowest BCUT2D eigenvalue weighted by molar-refractivity contribution is 1.20. The molecule has 1 rings (SSSR count). The quantitative estimate of drug-likeness (QED) is 0.371. The van der Waals surface area contributed by atoms with Crippen molar-refractivity contribution in [3.63, 3.8) is 0 Å². The largest absolute Gasteiger partial charge is 0.368 e. The molecule has 3 nitrogen and oxygen atoms in total. The summed E-state index contributed by atoms with van der Waals surface area (Å²) in [6, 6.07) is 0. The van der Waals surface area contributed by atoms with Gasteiger partial charge in [0, 0.05) is 6.20 Å². The van der Waals surface area contributed by atoms with Crippen molar-refractivity contribution in [3.8, 4) is 0 Å². The second-order valence-corrected chi connectivity index (χ2v) is 2.06. The van der Waals surface area contributed by atoms with E-state index in [-0.39, 0.29) is 5.95 Å². The molecule has 1 heterocycles. The summed E-state index contributed by atoms with van der Waals surface area (Å²) in [5, 5.41) is 0.419. The molecule has 0 unspecified atom stereocenters. The van der Waals surface area contributed by atoms with Gasteiger partial charge in [0.2, 0.25) is 5.95 Å². The van der Waals surface area contributed by atoms with Crippen LogP contribution in [-0.4, -0.2) is 17.8 Å². The van der Waals surface area contributed by atoms with Crippen LogP contribution in [0, 0.1) is 0 Å². The highest BCUT2D eigenvalue weighted by Gasteiger charge is 1.94. The van der Waals surface area contributed by atoms with Crippen LogP contribution in [0.3, 0.4) is 0 Å². The minimum atomic E-state index is 0.214. The molecule has 1 aromatic heterocycles. The fourth-order valence-electron chi connectivity index (χ4n) is 0.434. The topological polar surface area (TPSA) is 51.8 Å². The first kappa shape index (κ1) is 6.36. The fraction of sp³-hybridized carbons (Fsp3) is 0. The third-order valence-corrected chi connectivity index (χ3v) is 1.31. The molecule has 0 aliphatic heterocycles. The summed E-state index contributed by atoms with van der Waals surface area (Å²) in [7, 11) is 1.82. The number of nitrogen functional groups attached to an aromatic ring is 1. The number of halogens is 1. The molecule has 0 amide bonds. The van der Waals surface area contributed by atoms with Gasteiger partial charge < -0.3 is 5.73 Å². The number of nitrogens with two attached hydrogens (primary N) is 1. The molecule has 2 N–H and O–H groups in total. The normalized spacial score (nSPS) is 9.44. The molecule has 0 aliphatic rings. The first-order chi connectivity index (χ1) is 4.20. The smallest absolute Gasteiger partial charge is 0.221 e. The average molecular weight is 141 g/mol. The average Bonchev–Trinajstić information content (AvgIpc) is 1.80. The van der Waals surface area contributed by atoms with Gasteiger partial charge in [-0.05, 0) is 5.46 Å². The Balaban J connectivity index is 3.17. The summed E-state index contributed by atoms with van der Waals surface area (Å²) in [5.41, 5.74) is 6.06. The van der Waals surface area contributed by atoms with Crippen molar-refractivity contribution in [2.45, 2.75) is 0 Å². The van der Waals surface area contributed by atoms with E-state index in [1.165, 1.54) is 0 Å². The molecule has 0 radical (unpaired) electrons. The van der Waals surface area contributed by atoms with Crippen molar-refractivity contribution >= 4 is 30.9 Å². The van der Waals surface area contributed by atoms with E-state index < -0.39 is 0 Å². The van der Waals surface area contributed by atoms with E-state index in [9.17, 15) is 0 Å². The Morgan fingerprint density at radius 2 is 2.33 bits per heavy atom. The van der Waals surface area contributed by atoms with Gasteiger partial charge >= 0.3 is 0 Å². The highest BCUT2D eigenvalue weighted by atomic mass is 35.5. The summed E-state index contributed by atoms with van der Waals surface area (Å²) in [6.07, 6.45) is 1.59. The zero-order valence-corrected chi connectivity index (χ0v) is 5.68. The molecule has 0 saturated heterocycles. The van der Waals surface area contributed by atoms with Crippen molar-refractivity contribution in [2.75, 3.05) is 5.73 Å². The van der Waals surface area contributed by atoms with Crippen LogP contribution in [0.15, 0.2) is 6.20 Å². The number of nitrogens with zero attached hydrogens (tertiary/aromatic N) is 2. The molecule has 0 atom stereocenters. The zero-order valence-electron chi connectivity index (χ0n) is 4.93. The van der Waals surface area contributed by atoms with Gasteiger partial charge in [-0.15, -0.1) is 0 Å². The Bertz CT molecular complexity index is 227. The Labute approximate surface area is 58.7 Å². The highest BCUT2D eigenvalue weighted by Crippen LogP contribution is 1.98. The van der Waals surface area contributed by atoms with Crippen LogP contribution in [0.2, 0.25) is 5.15 Å². The molecule has 0 spiro atoms. The van der Waals surface area contributed by atoms with Crippen molar-refractivity contribution in [1.82, 2.24) is 9.97 Å². The summed E-state index contributed by atoms with van der Waals surface area (Å²) in [5.74, 6) is 0.214. The van der Waals surface area contributed by atoms with E-state index in [0.717, 1.165) is 5.46 Å². The van der Waals surface area contributed by atoms with Gasteiger partial charge in [0.25, 0.3) is 0 Å². The molecule has 0 bridgehead atoms. The van der Waals surface area contributed by atoms with E-state index in [1.807, 2.05) is 7.85 Å². The first-order valence-electron chi connectivity index (χ1n) is 2.45. The number of aromatic nitrogens is 2. The maximum absolute atomic E-state index is 5.58. The lowest BCUT2D eigenvalue weighted by atomic mass is 10.0. The second-order valence-electron chi connectivity index (χ2n) is 1.70. The van der Waals surface area contributed by atoms with Gasteiger partial charge in [0.05, 0.1) is 0 Å². The molecular formula is C4H5BClN3.